The molecule has 1 spiro atoms. The number of alkyl halides is 3. The molecule has 0 aromatic heterocycles. The zero-order chi connectivity index (χ0) is 48.7. The predicted molar refractivity (Wildman–Crippen MR) is 260 cm³/mol. The van der Waals surface area contributed by atoms with Crippen molar-refractivity contribution in [2.75, 3.05) is 55.7 Å². The van der Waals surface area contributed by atoms with Gasteiger partial charge in [0.15, 0.2) is 5.60 Å². The van der Waals surface area contributed by atoms with Gasteiger partial charge in [0.25, 0.3) is 0 Å². The van der Waals surface area contributed by atoms with Gasteiger partial charge in [-0.1, -0.05) is 24.4 Å². The third kappa shape index (κ3) is 10.1. The summed E-state index contributed by atoms with van der Waals surface area (Å²) in [6, 6.07) is 7.86. The molecule has 9 rings (SSSR count). The van der Waals surface area contributed by atoms with Crippen molar-refractivity contribution in [1.82, 2.24) is 5.32 Å². The van der Waals surface area contributed by atoms with Crippen molar-refractivity contribution >= 4 is 53.7 Å². The lowest BCUT2D eigenvalue weighted by Gasteiger charge is -2.44. The van der Waals surface area contributed by atoms with Gasteiger partial charge in [-0.15, -0.1) is 0 Å². The van der Waals surface area contributed by atoms with Gasteiger partial charge in [-0.05, 0) is 181 Å². The highest BCUT2D eigenvalue weighted by molar-refractivity contribution is 7.62. The van der Waals surface area contributed by atoms with Crippen LogP contribution in [0.1, 0.15) is 165 Å². The molecule has 0 bridgehead atoms. The quantitative estimate of drug-likeness (QED) is 0.0948. The number of rotatable bonds is 14. The topological polar surface area (TPSA) is 124 Å². The first-order valence-corrected chi connectivity index (χ1v) is 27.3. The van der Waals surface area contributed by atoms with Gasteiger partial charge in [-0.2, -0.15) is 13.2 Å². The molecule has 1 amide bonds. The van der Waals surface area contributed by atoms with Crippen LogP contribution in [0.4, 0.5) is 24.5 Å². The predicted octanol–water partition coefficient (Wildman–Crippen LogP) is 10.7. The summed E-state index contributed by atoms with van der Waals surface area (Å²) in [5.41, 5.74) is 10.8. The van der Waals surface area contributed by atoms with Gasteiger partial charge >= 0.3 is 31.6 Å². The number of aryl methyl sites for hydroxylation is 2. The summed E-state index contributed by atoms with van der Waals surface area (Å²) in [7, 11) is -4.30. The highest BCUT2D eigenvalue weighted by atomic mass is 35.5. The lowest BCUT2D eigenvalue weighted by atomic mass is 9.69. The van der Waals surface area contributed by atoms with E-state index in [1.807, 2.05) is 26.1 Å². The minimum atomic E-state index is -5.01. The lowest BCUT2D eigenvalue weighted by molar-refractivity contribution is -0.173. The largest absolute Gasteiger partial charge is 0.471 e. The minimum absolute atomic E-state index is 0.00776. The van der Waals surface area contributed by atoms with Crippen molar-refractivity contribution in [3.8, 4) is 0 Å². The van der Waals surface area contributed by atoms with Gasteiger partial charge < -0.3 is 33.6 Å². The maximum atomic E-state index is 15.5. The van der Waals surface area contributed by atoms with Crippen molar-refractivity contribution in [2.45, 2.75) is 160 Å². The minimum Gasteiger partial charge on any atom is -0.460 e. The molecule has 1 aliphatic carbocycles. The number of esters is 2. The van der Waals surface area contributed by atoms with Crippen LogP contribution in [0.15, 0.2) is 24.3 Å². The first-order valence-electron chi connectivity index (χ1n) is 25.4. The SMILES string of the molecule is CC(C)(C)OC(=O)CCCCCOP(=O)(OCCCCNC(=O)C(F)(F)F)c1cc(Cl)c2c(c1)C1(OC2=O)c2cc3c4c(c2CCCCCc2c1cc1c5c2CCCN5CCC1)CCCN4CCC3. The molecule has 0 saturated heterocycles. The van der Waals surface area contributed by atoms with Crippen molar-refractivity contribution in [2.24, 2.45) is 0 Å². The fourth-order valence-corrected chi connectivity index (χ4v) is 13.9. The number of benzene rings is 3. The molecule has 0 fully saturated rings. The number of carbonyl (C=O) groups excluding carboxylic acids is 3. The van der Waals surface area contributed by atoms with Crippen LogP contribution in [0.25, 0.3) is 0 Å². The number of anilines is 2. The molecule has 3 aromatic carbocycles. The molecule has 0 saturated carbocycles. The van der Waals surface area contributed by atoms with Crippen molar-refractivity contribution in [3.63, 3.8) is 0 Å². The average Bonchev–Trinajstić information content (AvgIpc) is 3.61. The van der Waals surface area contributed by atoms with E-state index in [0.717, 1.165) is 121 Å². The Hall–Kier alpha value is -4.10. The van der Waals surface area contributed by atoms with Crippen LogP contribution in [0.3, 0.4) is 0 Å². The lowest BCUT2D eigenvalue weighted by Crippen LogP contribution is -2.40. The normalized spacial score (nSPS) is 19.1. The van der Waals surface area contributed by atoms with Crippen LogP contribution in [0.5, 0.6) is 0 Å². The molecule has 374 valence electrons. The van der Waals surface area contributed by atoms with Gasteiger partial charge in [-0.3, -0.25) is 14.2 Å². The summed E-state index contributed by atoms with van der Waals surface area (Å²) >= 11 is 7.29. The summed E-state index contributed by atoms with van der Waals surface area (Å²) in [4.78, 5) is 43.9. The Kier molecular flexibility index (Phi) is 14.6. The molecule has 0 radical (unpaired) electrons. The van der Waals surface area contributed by atoms with E-state index >= 15 is 4.57 Å². The molecule has 3 aromatic rings. The number of hydrogen-bond donors (Lipinski definition) is 1. The molecule has 5 heterocycles. The summed E-state index contributed by atoms with van der Waals surface area (Å²) in [5, 5.41) is 2.07. The Balaban J connectivity index is 1.16. The second kappa shape index (κ2) is 20.2. The first kappa shape index (κ1) is 49.9. The van der Waals surface area contributed by atoms with Crippen LogP contribution < -0.4 is 20.4 Å². The summed E-state index contributed by atoms with van der Waals surface area (Å²) in [6.45, 7) is 9.05. The maximum Gasteiger partial charge on any atom is 0.471 e. The number of halogens is 4. The van der Waals surface area contributed by atoms with Gasteiger partial charge in [0.2, 0.25) is 0 Å². The van der Waals surface area contributed by atoms with Crippen molar-refractivity contribution in [1.29, 1.82) is 0 Å². The van der Waals surface area contributed by atoms with E-state index in [2.05, 4.69) is 21.9 Å². The van der Waals surface area contributed by atoms with Gasteiger partial charge in [0.1, 0.15) is 5.60 Å². The fraction of sp³-hybridized carbons (Fsp3) is 0.604. The smallest absolute Gasteiger partial charge is 0.460 e. The Labute approximate surface area is 409 Å². The summed E-state index contributed by atoms with van der Waals surface area (Å²) < 4.78 is 79.4. The molecule has 69 heavy (non-hydrogen) atoms. The third-order valence-corrected chi connectivity index (χ3v) is 16.9. The second-order valence-electron chi connectivity index (χ2n) is 20.7. The van der Waals surface area contributed by atoms with Gasteiger partial charge in [0.05, 0.1) is 29.1 Å². The number of ether oxygens (including phenoxy) is 2. The molecule has 11 nitrogen and oxygen atoms in total. The monoisotopic (exact) mass is 995 g/mol. The Morgan fingerprint density at radius 2 is 1.25 bits per heavy atom. The molecular formula is C53H66ClF3N3O8P. The van der Waals surface area contributed by atoms with E-state index in [1.165, 1.54) is 50.8 Å². The van der Waals surface area contributed by atoms with E-state index in [0.29, 0.717) is 24.8 Å². The standard InChI is InChI=1S/C53H66ClF3N3O8P/c1-51(2,3)67-45(61)22-8-5-10-28-65-69(64,66-29-11-9-23-58-50(63)53(55,56)57)36-32-43-46(44(54)33-36)49(62)68-52(43)41-30-34-16-12-24-59-26-14-20-39(47(34)59)37(41)18-6-4-7-19-38-40-21-15-27-60-25-13-17-35(48(40)60)31-42(38)52/h30-33H,4-29H2,1-3H3,(H,58,63). The molecule has 1 unspecified atom stereocenters. The fourth-order valence-electron chi connectivity index (χ4n) is 11.9. The molecule has 1 N–H and O–H groups in total. The van der Waals surface area contributed by atoms with Crippen molar-refractivity contribution in [3.05, 3.63) is 84.9 Å². The summed E-state index contributed by atoms with van der Waals surface area (Å²) in [6.07, 6.45) is 9.37. The van der Waals surface area contributed by atoms with Crippen LogP contribution in [0.2, 0.25) is 5.02 Å². The Bertz CT molecular complexity index is 2450. The molecular weight excluding hydrogens is 930 g/mol. The second-order valence-corrected chi connectivity index (χ2v) is 23.1. The van der Waals surface area contributed by atoms with E-state index in [-0.39, 0.29) is 60.9 Å². The zero-order valence-electron chi connectivity index (χ0n) is 40.3. The number of carbonyl (C=O) groups is 3. The number of hydrogen-bond acceptors (Lipinski definition) is 10. The average molecular weight is 997 g/mol. The van der Waals surface area contributed by atoms with Crippen LogP contribution in [-0.4, -0.2) is 75.6 Å². The first-order chi connectivity index (χ1) is 33.0. The van der Waals surface area contributed by atoms with E-state index in [1.54, 1.807) is 6.07 Å². The molecule has 16 heteroatoms. The third-order valence-electron chi connectivity index (χ3n) is 14.7. The van der Waals surface area contributed by atoms with Crippen LogP contribution in [0, 0.1) is 0 Å². The Morgan fingerprint density at radius 1 is 0.710 bits per heavy atom. The molecule has 6 aliphatic rings. The Morgan fingerprint density at radius 3 is 1.80 bits per heavy atom. The van der Waals surface area contributed by atoms with Crippen LogP contribution >= 0.6 is 19.2 Å². The van der Waals surface area contributed by atoms with E-state index in [4.69, 9.17) is 30.1 Å². The molecule has 5 aliphatic heterocycles. The maximum absolute atomic E-state index is 15.5. The molecule has 1 atom stereocenters. The van der Waals surface area contributed by atoms with Crippen molar-refractivity contribution < 1.29 is 50.6 Å². The zero-order valence-corrected chi connectivity index (χ0v) is 42.0. The highest BCUT2D eigenvalue weighted by Crippen LogP contribution is 2.57. The van der Waals surface area contributed by atoms with Crippen LogP contribution in [-0.2, 0) is 76.8 Å². The van der Waals surface area contributed by atoms with Gasteiger partial charge in [0, 0.05) is 67.2 Å². The number of amides is 1. The summed E-state index contributed by atoms with van der Waals surface area (Å²) in [5.74, 6) is -2.90. The highest BCUT2D eigenvalue weighted by Gasteiger charge is 2.54. The number of fused-ring (bicyclic) bond motifs is 8. The van der Waals surface area contributed by atoms with Gasteiger partial charge in [-0.25, -0.2) is 4.79 Å². The van der Waals surface area contributed by atoms with E-state index < -0.39 is 36.9 Å². The number of unbranched alkanes of at least 4 members (excludes halogenated alkanes) is 3. The number of nitrogens with one attached hydrogen (secondary N) is 1. The van der Waals surface area contributed by atoms with E-state index in [9.17, 15) is 27.6 Å². The number of nitrogens with zero attached hydrogens (tertiary/aromatic N) is 2.